The first-order valence-corrected chi connectivity index (χ1v) is 17.7. The Morgan fingerprint density at radius 2 is 1.50 bits per heavy atom. The molecular formula is C36H65N6O4+. The molecule has 3 atom stereocenters. The smallest absolute Gasteiger partial charge is 0.226 e. The maximum atomic E-state index is 14.2. The maximum absolute atomic E-state index is 14.2. The van der Waals surface area contributed by atoms with Gasteiger partial charge >= 0.3 is 0 Å². The molecule has 2 rings (SSSR count). The largest absolute Gasteiger partial charge is 0.356 e. The van der Waals surface area contributed by atoms with Crippen LogP contribution < -0.4 is 10.6 Å². The van der Waals surface area contributed by atoms with Gasteiger partial charge in [0.1, 0.15) is 6.04 Å². The summed E-state index contributed by atoms with van der Waals surface area (Å²) in [6, 6.07) is 2.53. The standard InChI is InChI=1S/C36H64N6O4/c1-10-29(40-23-14-12-13-18-31(40)43)26-30(41-24-15-19-32(41)44)27-36(5,34(46)38-20-16-22-39(6)7)28-35(3,4)33(45)37-21-17-25-42(8,9)11-2/h2,29-30H,10,12-28H2,1,3-9H3,(H-,37,38,45,46)/p+1. The molecule has 2 aliphatic rings. The van der Waals surface area contributed by atoms with Crippen molar-refractivity contribution in [3.05, 3.63) is 0 Å². The van der Waals surface area contributed by atoms with Crippen LogP contribution in [-0.2, 0) is 19.2 Å². The normalized spacial score (nSPS) is 19.0. The van der Waals surface area contributed by atoms with Crippen LogP contribution in [0.25, 0.3) is 0 Å². The van der Waals surface area contributed by atoms with Crippen molar-refractivity contribution in [3.63, 3.8) is 0 Å². The quantitative estimate of drug-likeness (QED) is 0.127. The van der Waals surface area contributed by atoms with Gasteiger partial charge in [0, 0.05) is 68.4 Å². The minimum absolute atomic E-state index is 0.00150. The number of nitrogens with zero attached hydrogens (tertiary/aromatic N) is 4. The summed E-state index contributed by atoms with van der Waals surface area (Å²) in [6.45, 7) is 11.9. The molecule has 2 fully saturated rings. The molecule has 0 aromatic heterocycles. The van der Waals surface area contributed by atoms with Gasteiger partial charge in [0.2, 0.25) is 23.6 Å². The first-order valence-electron chi connectivity index (χ1n) is 17.7. The van der Waals surface area contributed by atoms with Gasteiger partial charge in [-0.05, 0) is 72.0 Å². The molecule has 0 bridgehead atoms. The van der Waals surface area contributed by atoms with Gasteiger partial charge in [0.25, 0.3) is 0 Å². The van der Waals surface area contributed by atoms with Crippen LogP contribution in [0.3, 0.4) is 0 Å². The first kappa shape index (κ1) is 39.5. The van der Waals surface area contributed by atoms with E-state index in [0.29, 0.717) is 56.2 Å². The number of hydrogen-bond donors (Lipinski definition) is 2. The van der Waals surface area contributed by atoms with Gasteiger partial charge in [-0.1, -0.05) is 40.5 Å². The summed E-state index contributed by atoms with van der Waals surface area (Å²) in [4.78, 5) is 60.2. The van der Waals surface area contributed by atoms with E-state index in [1.165, 1.54) is 0 Å². The Labute approximate surface area is 279 Å². The van der Waals surface area contributed by atoms with Gasteiger partial charge in [0.05, 0.1) is 20.6 Å². The van der Waals surface area contributed by atoms with Gasteiger partial charge in [-0.15, -0.1) is 0 Å². The summed E-state index contributed by atoms with van der Waals surface area (Å²) < 4.78 is 0.434. The zero-order valence-corrected chi connectivity index (χ0v) is 30.4. The average Bonchev–Trinajstić information content (AvgIpc) is 3.30. The molecule has 0 aromatic carbocycles. The molecule has 262 valence electrons. The van der Waals surface area contributed by atoms with Crippen LogP contribution in [0.15, 0.2) is 0 Å². The molecule has 2 saturated heterocycles. The molecule has 0 radical (unpaired) electrons. The molecule has 4 amide bonds. The summed E-state index contributed by atoms with van der Waals surface area (Å²) >= 11 is 0. The third kappa shape index (κ3) is 12.2. The summed E-state index contributed by atoms with van der Waals surface area (Å²) in [7, 11) is 7.94. The molecule has 0 aromatic rings. The molecule has 0 saturated carbocycles. The minimum Gasteiger partial charge on any atom is -0.356 e. The predicted molar refractivity (Wildman–Crippen MR) is 184 cm³/mol. The van der Waals surface area contributed by atoms with Crippen LogP contribution in [0.5, 0.6) is 0 Å². The molecule has 10 nitrogen and oxygen atoms in total. The van der Waals surface area contributed by atoms with Crippen molar-refractivity contribution in [1.29, 1.82) is 0 Å². The van der Waals surface area contributed by atoms with Gasteiger partial charge < -0.3 is 25.3 Å². The Morgan fingerprint density at radius 3 is 2.11 bits per heavy atom. The Kier molecular flexibility index (Phi) is 15.5. The van der Waals surface area contributed by atoms with Crippen molar-refractivity contribution in [2.75, 3.05) is 67.5 Å². The molecular weight excluding hydrogens is 580 g/mol. The SMILES string of the molecule is C#C[N+](C)(C)CCCNC(=O)C(C)(C)CC(C)(CC(CC(CC)N1CCCCCC1=O)N1CCCC1=O)C(=O)NCCCN(C)C. The summed E-state index contributed by atoms with van der Waals surface area (Å²) in [6.07, 6.45) is 14.2. The zero-order valence-electron chi connectivity index (χ0n) is 30.4. The molecule has 46 heavy (non-hydrogen) atoms. The molecule has 2 N–H and O–H groups in total. The van der Waals surface area contributed by atoms with E-state index in [0.717, 1.165) is 64.6 Å². The first-order chi connectivity index (χ1) is 21.5. The highest BCUT2D eigenvalue weighted by atomic mass is 16.2. The van der Waals surface area contributed by atoms with Crippen molar-refractivity contribution in [2.45, 2.75) is 117 Å². The van der Waals surface area contributed by atoms with Crippen LogP contribution in [0.4, 0.5) is 0 Å². The maximum Gasteiger partial charge on any atom is 0.226 e. The van der Waals surface area contributed by atoms with E-state index in [4.69, 9.17) is 6.42 Å². The van der Waals surface area contributed by atoms with E-state index < -0.39 is 10.8 Å². The average molecular weight is 646 g/mol. The lowest BCUT2D eigenvalue weighted by molar-refractivity contribution is -0.822. The van der Waals surface area contributed by atoms with Crippen molar-refractivity contribution >= 4 is 23.6 Å². The third-order valence-electron chi connectivity index (χ3n) is 9.89. The fourth-order valence-corrected chi connectivity index (χ4v) is 7.21. The van der Waals surface area contributed by atoms with Crippen LogP contribution >= 0.6 is 0 Å². The molecule has 0 spiro atoms. The van der Waals surface area contributed by atoms with Gasteiger partial charge in [-0.3, -0.25) is 23.7 Å². The van der Waals surface area contributed by atoms with Crippen molar-refractivity contribution in [1.82, 2.24) is 25.3 Å². The fourth-order valence-electron chi connectivity index (χ4n) is 7.21. The second kappa shape index (κ2) is 18.1. The Hall–Kier alpha value is -2.64. The van der Waals surface area contributed by atoms with E-state index in [9.17, 15) is 19.2 Å². The third-order valence-corrected chi connectivity index (χ3v) is 9.89. The highest BCUT2D eigenvalue weighted by Crippen LogP contribution is 2.41. The number of nitrogens with one attached hydrogen (secondary N) is 2. The second-order valence-corrected chi connectivity index (χ2v) is 15.4. The number of carbonyl (C=O) groups excluding carboxylic acids is 4. The minimum atomic E-state index is -0.921. The van der Waals surface area contributed by atoms with Crippen molar-refractivity contribution in [2.24, 2.45) is 10.8 Å². The van der Waals surface area contributed by atoms with Gasteiger partial charge in [-0.2, -0.15) is 0 Å². The molecule has 3 unspecified atom stereocenters. The number of amides is 4. The number of terminal acetylenes is 1. The number of carbonyl (C=O) groups is 4. The Morgan fingerprint density at radius 1 is 0.913 bits per heavy atom. The number of quaternary nitrogens is 1. The zero-order chi connectivity index (χ0) is 34.5. The van der Waals surface area contributed by atoms with E-state index in [-0.39, 0.29) is 35.7 Å². The number of likely N-dealkylation sites (tertiary alicyclic amines) is 2. The molecule has 2 aliphatic heterocycles. The summed E-state index contributed by atoms with van der Waals surface area (Å²) in [5, 5.41) is 6.28. The van der Waals surface area contributed by atoms with Crippen LogP contribution in [0, 0.1) is 23.3 Å². The molecule has 0 aliphatic carbocycles. The molecule has 2 heterocycles. The van der Waals surface area contributed by atoms with Crippen molar-refractivity contribution < 1.29 is 23.7 Å². The van der Waals surface area contributed by atoms with Crippen LogP contribution in [0.1, 0.15) is 105 Å². The second-order valence-electron chi connectivity index (χ2n) is 15.4. The van der Waals surface area contributed by atoms with E-state index >= 15 is 0 Å². The number of rotatable bonds is 19. The van der Waals surface area contributed by atoms with Gasteiger partial charge in [-0.25, -0.2) is 0 Å². The fraction of sp³-hybridized carbons (Fsp3) is 0.833. The van der Waals surface area contributed by atoms with Crippen LogP contribution in [0.2, 0.25) is 0 Å². The van der Waals surface area contributed by atoms with Crippen LogP contribution in [-0.4, -0.2) is 122 Å². The topological polar surface area (TPSA) is 102 Å². The van der Waals surface area contributed by atoms with E-state index in [1.54, 1.807) is 0 Å². The highest BCUT2D eigenvalue weighted by molar-refractivity contribution is 5.86. The highest BCUT2D eigenvalue weighted by Gasteiger charge is 2.45. The van der Waals surface area contributed by atoms with Crippen molar-refractivity contribution in [3.8, 4) is 12.5 Å². The van der Waals surface area contributed by atoms with Gasteiger partial charge in [0.15, 0.2) is 0 Å². The lowest BCUT2D eigenvalue weighted by Crippen LogP contribution is -2.52. The molecule has 10 heteroatoms. The summed E-state index contributed by atoms with van der Waals surface area (Å²) in [5.41, 5.74) is -1.76. The lowest BCUT2D eigenvalue weighted by atomic mass is 9.69. The Bertz CT molecular complexity index is 1070. The monoisotopic (exact) mass is 646 g/mol. The van der Waals surface area contributed by atoms with E-state index in [2.05, 4.69) is 28.5 Å². The number of hydrogen-bond acceptors (Lipinski definition) is 5. The lowest BCUT2D eigenvalue weighted by Gasteiger charge is -2.42. The van der Waals surface area contributed by atoms with E-state index in [1.807, 2.05) is 58.8 Å². The Balaban J connectivity index is 2.34. The predicted octanol–water partition coefficient (Wildman–Crippen LogP) is 3.60. The summed E-state index contributed by atoms with van der Waals surface area (Å²) in [5.74, 6) is 0.122.